The Kier molecular flexibility index (Phi) is 4.43. The van der Waals surface area contributed by atoms with E-state index >= 15 is 0 Å². The third-order valence-electron chi connectivity index (χ3n) is 3.49. The smallest absolute Gasteiger partial charge is 0.332 e. The van der Waals surface area contributed by atoms with E-state index in [4.69, 9.17) is 9.84 Å². The summed E-state index contributed by atoms with van der Waals surface area (Å²) in [6, 6.07) is 8.21. The van der Waals surface area contributed by atoms with E-state index in [0.29, 0.717) is 18.9 Å². The van der Waals surface area contributed by atoms with Crippen LogP contribution in [0.4, 0.5) is 5.69 Å². The summed E-state index contributed by atoms with van der Waals surface area (Å²) < 4.78 is 5.48. The molecule has 2 atom stereocenters. The number of carboxylic acids is 1. The maximum Gasteiger partial charge on any atom is 0.332 e. The molecule has 1 heterocycles. The highest BCUT2D eigenvalue weighted by molar-refractivity contribution is 5.72. The van der Waals surface area contributed by atoms with Crippen LogP contribution < -0.4 is 5.32 Å². The van der Waals surface area contributed by atoms with Crippen molar-refractivity contribution in [2.75, 3.05) is 11.9 Å². The molecule has 0 saturated carbocycles. The molecule has 1 aliphatic heterocycles. The number of hydrogen-bond donors (Lipinski definition) is 2. The van der Waals surface area contributed by atoms with Crippen LogP contribution in [0.3, 0.4) is 0 Å². The minimum atomic E-state index is -0.856. The first-order chi connectivity index (χ1) is 9.08. The van der Waals surface area contributed by atoms with Crippen LogP contribution in [0.15, 0.2) is 24.3 Å². The summed E-state index contributed by atoms with van der Waals surface area (Å²) in [6.07, 6.45) is 0.759. The molecule has 104 valence electrons. The molecule has 0 aromatic heterocycles. The van der Waals surface area contributed by atoms with Crippen LogP contribution in [0.25, 0.3) is 0 Å². The number of carbonyl (C=O) groups is 1. The fourth-order valence-electron chi connectivity index (χ4n) is 2.42. The van der Waals surface area contributed by atoms with Crippen LogP contribution in [-0.2, 0) is 9.53 Å². The Bertz CT molecular complexity index is 445. The van der Waals surface area contributed by atoms with Gasteiger partial charge in [-0.05, 0) is 30.4 Å². The Morgan fingerprint density at radius 2 is 2.16 bits per heavy atom. The van der Waals surface area contributed by atoms with Crippen molar-refractivity contribution in [2.24, 2.45) is 0 Å². The number of rotatable bonds is 5. The normalized spacial score (nSPS) is 22.7. The van der Waals surface area contributed by atoms with Gasteiger partial charge < -0.3 is 15.2 Å². The molecule has 0 spiro atoms. The average Bonchev–Trinajstić information content (AvgIpc) is 2.85. The number of benzene rings is 1. The van der Waals surface area contributed by atoms with Gasteiger partial charge in [0.15, 0.2) is 6.10 Å². The minimum absolute atomic E-state index is 0.0127. The number of para-hydroxylation sites is 1. The Hall–Kier alpha value is -1.55. The summed E-state index contributed by atoms with van der Waals surface area (Å²) in [6.45, 7) is 4.98. The van der Waals surface area contributed by atoms with Crippen LogP contribution in [-0.4, -0.2) is 29.8 Å². The van der Waals surface area contributed by atoms with Crippen molar-refractivity contribution in [3.05, 3.63) is 29.8 Å². The van der Waals surface area contributed by atoms with Gasteiger partial charge in [-0.2, -0.15) is 0 Å². The van der Waals surface area contributed by atoms with E-state index in [1.54, 1.807) is 0 Å². The Morgan fingerprint density at radius 1 is 1.42 bits per heavy atom. The minimum Gasteiger partial charge on any atom is -0.479 e. The maximum atomic E-state index is 10.8. The molecule has 2 N–H and O–H groups in total. The quantitative estimate of drug-likeness (QED) is 0.857. The summed E-state index contributed by atoms with van der Waals surface area (Å²) in [5.41, 5.74) is 2.38. The number of ether oxygens (including phenoxy) is 1. The van der Waals surface area contributed by atoms with Crippen LogP contribution in [0, 0.1) is 0 Å². The highest BCUT2D eigenvalue weighted by Crippen LogP contribution is 2.25. The lowest BCUT2D eigenvalue weighted by atomic mass is 10.0. The third kappa shape index (κ3) is 3.47. The lowest BCUT2D eigenvalue weighted by Gasteiger charge is -2.17. The van der Waals surface area contributed by atoms with Gasteiger partial charge in [-0.1, -0.05) is 32.0 Å². The lowest BCUT2D eigenvalue weighted by Crippen LogP contribution is -2.24. The fourth-order valence-corrected chi connectivity index (χ4v) is 2.42. The van der Waals surface area contributed by atoms with Crippen molar-refractivity contribution in [1.82, 2.24) is 0 Å². The van der Waals surface area contributed by atoms with Gasteiger partial charge >= 0.3 is 5.97 Å². The molecule has 2 unspecified atom stereocenters. The first-order valence-electron chi connectivity index (χ1n) is 6.79. The largest absolute Gasteiger partial charge is 0.479 e. The zero-order chi connectivity index (χ0) is 13.8. The standard InChI is InChI=1S/C15H21NO3/c1-10(2)12-5-3-4-6-13(12)16-9-11-7-8-14(19-11)15(17)18/h3-6,10-11,14,16H,7-9H2,1-2H3,(H,17,18). The Balaban J connectivity index is 1.91. The topological polar surface area (TPSA) is 58.6 Å². The number of hydrogen-bond acceptors (Lipinski definition) is 3. The van der Waals surface area contributed by atoms with Gasteiger partial charge in [-0.3, -0.25) is 0 Å². The zero-order valence-electron chi connectivity index (χ0n) is 11.4. The highest BCUT2D eigenvalue weighted by atomic mass is 16.5. The number of anilines is 1. The van der Waals surface area contributed by atoms with Crippen molar-refractivity contribution in [1.29, 1.82) is 0 Å². The van der Waals surface area contributed by atoms with Gasteiger partial charge in [-0.25, -0.2) is 4.79 Å². The number of nitrogens with one attached hydrogen (secondary N) is 1. The van der Waals surface area contributed by atoms with Crippen LogP contribution in [0.5, 0.6) is 0 Å². The molecule has 2 rings (SSSR count). The fraction of sp³-hybridized carbons (Fsp3) is 0.533. The van der Waals surface area contributed by atoms with Crippen molar-refractivity contribution in [2.45, 2.75) is 44.8 Å². The lowest BCUT2D eigenvalue weighted by molar-refractivity contribution is -0.149. The van der Waals surface area contributed by atoms with Crippen molar-refractivity contribution < 1.29 is 14.6 Å². The van der Waals surface area contributed by atoms with E-state index in [9.17, 15) is 4.79 Å². The molecule has 19 heavy (non-hydrogen) atoms. The summed E-state index contributed by atoms with van der Waals surface area (Å²) >= 11 is 0. The molecule has 0 aliphatic carbocycles. The predicted octanol–water partition coefficient (Wildman–Crippen LogP) is 2.85. The summed E-state index contributed by atoms with van der Waals surface area (Å²) in [5, 5.41) is 12.3. The van der Waals surface area contributed by atoms with Crippen molar-refractivity contribution in [3.8, 4) is 0 Å². The van der Waals surface area contributed by atoms with Crippen LogP contribution in [0.2, 0.25) is 0 Å². The molecular formula is C15H21NO3. The monoisotopic (exact) mass is 263 g/mol. The average molecular weight is 263 g/mol. The van der Waals surface area contributed by atoms with Gasteiger partial charge in [0.05, 0.1) is 6.10 Å². The van der Waals surface area contributed by atoms with Crippen molar-refractivity contribution in [3.63, 3.8) is 0 Å². The first-order valence-corrected chi connectivity index (χ1v) is 6.79. The van der Waals surface area contributed by atoms with E-state index in [1.807, 2.05) is 12.1 Å². The molecule has 1 saturated heterocycles. The molecule has 1 aromatic carbocycles. The number of carboxylic acid groups (broad SMARTS) is 1. The molecule has 1 fully saturated rings. The zero-order valence-corrected chi connectivity index (χ0v) is 11.4. The van der Waals surface area contributed by atoms with E-state index in [2.05, 4.69) is 31.3 Å². The Morgan fingerprint density at radius 3 is 2.79 bits per heavy atom. The molecule has 4 nitrogen and oxygen atoms in total. The van der Waals surface area contributed by atoms with Gasteiger partial charge in [0.2, 0.25) is 0 Å². The summed E-state index contributed by atoms with van der Waals surface area (Å²) in [4.78, 5) is 10.8. The van der Waals surface area contributed by atoms with Gasteiger partial charge in [0.1, 0.15) is 0 Å². The van der Waals surface area contributed by atoms with E-state index in [1.165, 1.54) is 5.56 Å². The van der Waals surface area contributed by atoms with Gasteiger partial charge in [0, 0.05) is 12.2 Å². The molecule has 4 heteroatoms. The van der Waals surface area contributed by atoms with Crippen LogP contribution >= 0.6 is 0 Å². The van der Waals surface area contributed by atoms with Crippen LogP contribution in [0.1, 0.15) is 38.2 Å². The SMILES string of the molecule is CC(C)c1ccccc1NCC1CCC(C(=O)O)O1. The number of aliphatic carboxylic acids is 1. The molecular weight excluding hydrogens is 242 g/mol. The van der Waals surface area contributed by atoms with Gasteiger partial charge in [-0.15, -0.1) is 0 Å². The molecule has 0 amide bonds. The third-order valence-corrected chi connectivity index (χ3v) is 3.49. The first kappa shape index (κ1) is 13.9. The molecule has 0 bridgehead atoms. The second-order valence-electron chi connectivity index (χ2n) is 5.29. The van der Waals surface area contributed by atoms with Gasteiger partial charge in [0.25, 0.3) is 0 Å². The second-order valence-corrected chi connectivity index (χ2v) is 5.29. The summed E-state index contributed by atoms with van der Waals surface area (Å²) in [5.74, 6) is -0.398. The molecule has 1 aliphatic rings. The van der Waals surface area contributed by atoms with E-state index in [-0.39, 0.29) is 6.10 Å². The van der Waals surface area contributed by atoms with Crippen molar-refractivity contribution >= 4 is 11.7 Å². The second kappa shape index (κ2) is 6.06. The maximum absolute atomic E-state index is 10.8. The summed E-state index contributed by atoms with van der Waals surface area (Å²) in [7, 11) is 0. The molecule has 1 aromatic rings. The Labute approximate surface area is 113 Å². The van der Waals surface area contributed by atoms with E-state index < -0.39 is 12.1 Å². The predicted molar refractivity (Wildman–Crippen MR) is 74.6 cm³/mol. The molecule has 0 radical (unpaired) electrons. The van der Waals surface area contributed by atoms with E-state index in [0.717, 1.165) is 12.1 Å². The highest BCUT2D eigenvalue weighted by Gasteiger charge is 2.30.